The molecule has 184 valence electrons. The van der Waals surface area contributed by atoms with Crippen LogP contribution in [0, 0.1) is 0 Å². The molecule has 1 saturated carbocycles. The highest BCUT2D eigenvalue weighted by atomic mass is 16.5. The normalized spacial score (nSPS) is 17.1. The van der Waals surface area contributed by atoms with Crippen LogP contribution in [-0.4, -0.2) is 65.2 Å². The summed E-state index contributed by atoms with van der Waals surface area (Å²) in [6.45, 7) is 6.10. The lowest BCUT2D eigenvalue weighted by atomic mass is 10.1. The second kappa shape index (κ2) is 10.0. The van der Waals surface area contributed by atoms with Gasteiger partial charge in [0.2, 0.25) is 11.4 Å². The maximum Gasteiger partial charge on any atom is 0.343 e. The van der Waals surface area contributed by atoms with Crippen molar-refractivity contribution in [1.82, 2.24) is 19.4 Å². The average molecular weight is 477 g/mol. The first-order valence-corrected chi connectivity index (χ1v) is 12.4. The third kappa shape index (κ3) is 4.86. The maximum atomic E-state index is 13.1. The van der Waals surface area contributed by atoms with E-state index in [4.69, 9.17) is 9.72 Å². The van der Waals surface area contributed by atoms with Crippen LogP contribution in [0.4, 0.5) is 17.3 Å². The molecule has 0 atom stereocenters. The minimum atomic E-state index is -0.603. The summed E-state index contributed by atoms with van der Waals surface area (Å²) in [4.78, 5) is 39.3. The van der Waals surface area contributed by atoms with E-state index in [-0.39, 0.29) is 18.2 Å². The molecule has 3 aromatic rings. The molecular weight excluding hydrogens is 444 g/mol. The Labute approximate surface area is 204 Å². The summed E-state index contributed by atoms with van der Waals surface area (Å²) in [6, 6.07) is 8.45. The van der Waals surface area contributed by atoms with Gasteiger partial charge in [0.1, 0.15) is 11.2 Å². The van der Waals surface area contributed by atoms with Crippen molar-refractivity contribution in [3.63, 3.8) is 0 Å². The number of anilines is 3. The minimum Gasteiger partial charge on any atom is -0.462 e. The van der Waals surface area contributed by atoms with E-state index in [9.17, 15) is 9.59 Å². The van der Waals surface area contributed by atoms with Crippen molar-refractivity contribution in [3.8, 4) is 0 Å². The van der Waals surface area contributed by atoms with Crippen LogP contribution in [0.3, 0.4) is 0 Å². The molecule has 0 bridgehead atoms. The van der Waals surface area contributed by atoms with Crippen molar-refractivity contribution in [3.05, 3.63) is 52.4 Å². The van der Waals surface area contributed by atoms with Crippen LogP contribution >= 0.6 is 0 Å². The average Bonchev–Trinajstić information content (AvgIpc) is 3.40. The van der Waals surface area contributed by atoms with Gasteiger partial charge < -0.3 is 24.4 Å². The number of nitrogens with one attached hydrogen (secondary N) is 1. The molecule has 3 heterocycles. The van der Waals surface area contributed by atoms with E-state index in [0.29, 0.717) is 17.0 Å². The molecule has 0 radical (unpaired) electrons. The van der Waals surface area contributed by atoms with Gasteiger partial charge in [-0.2, -0.15) is 4.98 Å². The predicted molar refractivity (Wildman–Crippen MR) is 137 cm³/mol. The molecule has 35 heavy (non-hydrogen) atoms. The molecule has 2 aromatic heterocycles. The van der Waals surface area contributed by atoms with Crippen molar-refractivity contribution in [2.24, 2.45) is 0 Å². The number of carbonyl (C=O) groups is 1. The zero-order valence-corrected chi connectivity index (χ0v) is 20.4. The summed E-state index contributed by atoms with van der Waals surface area (Å²) in [5, 5.41) is 3.60. The predicted octanol–water partition coefficient (Wildman–Crippen LogP) is 3.58. The summed E-state index contributed by atoms with van der Waals surface area (Å²) in [5.74, 6) is -0.186. The summed E-state index contributed by atoms with van der Waals surface area (Å²) < 4.78 is 7.10. The third-order valence-corrected chi connectivity index (χ3v) is 6.98. The van der Waals surface area contributed by atoms with E-state index < -0.39 is 11.4 Å². The molecular formula is C26H32N6O3. The van der Waals surface area contributed by atoms with Crippen LogP contribution in [0.25, 0.3) is 11.0 Å². The Morgan fingerprint density at radius 2 is 1.83 bits per heavy atom. The minimum absolute atomic E-state index is 0.0371. The number of piperazine rings is 1. The Morgan fingerprint density at radius 3 is 2.51 bits per heavy atom. The fourth-order valence-corrected chi connectivity index (χ4v) is 4.96. The largest absolute Gasteiger partial charge is 0.462 e. The van der Waals surface area contributed by atoms with Gasteiger partial charge in [-0.3, -0.25) is 4.79 Å². The molecule has 9 nitrogen and oxygen atoms in total. The summed E-state index contributed by atoms with van der Waals surface area (Å²) >= 11 is 0. The highest BCUT2D eigenvalue weighted by Gasteiger charge is 2.24. The topological polar surface area (TPSA) is 92.6 Å². The van der Waals surface area contributed by atoms with Crippen LogP contribution in [0.5, 0.6) is 0 Å². The van der Waals surface area contributed by atoms with Crippen molar-refractivity contribution >= 4 is 34.3 Å². The highest BCUT2D eigenvalue weighted by molar-refractivity contribution is 5.93. The molecule has 1 aliphatic heterocycles. The van der Waals surface area contributed by atoms with Gasteiger partial charge in [0.05, 0.1) is 12.0 Å². The first kappa shape index (κ1) is 23.3. The van der Waals surface area contributed by atoms with Crippen LogP contribution in [0.2, 0.25) is 0 Å². The maximum absolute atomic E-state index is 13.1. The fourth-order valence-electron chi connectivity index (χ4n) is 4.96. The Morgan fingerprint density at radius 1 is 1.11 bits per heavy atom. The number of aromatic nitrogens is 3. The van der Waals surface area contributed by atoms with Gasteiger partial charge in [-0.25, -0.2) is 9.78 Å². The Kier molecular flexibility index (Phi) is 6.68. The van der Waals surface area contributed by atoms with Gasteiger partial charge >= 0.3 is 5.97 Å². The lowest BCUT2D eigenvalue weighted by Gasteiger charge is -2.34. The fraction of sp³-hybridized carbons (Fsp3) is 0.462. The molecule has 0 amide bonds. The van der Waals surface area contributed by atoms with E-state index >= 15 is 0 Å². The number of benzene rings is 1. The summed E-state index contributed by atoms with van der Waals surface area (Å²) in [6.07, 6.45) is 7.34. The monoisotopic (exact) mass is 476 g/mol. The Balaban J connectivity index is 1.44. The second-order valence-electron chi connectivity index (χ2n) is 9.33. The number of hydrogen-bond acceptors (Lipinski definition) is 8. The Bertz CT molecular complexity index is 1260. The number of fused-ring (bicyclic) bond motifs is 1. The lowest BCUT2D eigenvalue weighted by Crippen LogP contribution is -2.44. The lowest BCUT2D eigenvalue weighted by molar-refractivity contribution is 0.0524. The molecule has 2 aliphatic rings. The van der Waals surface area contributed by atoms with Crippen molar-refractivity contribution in [1.29, 1.82) is 0 Å². The smallest absolute Gasteiger partial charge is 0.343 e. The van der Waals surface area contributed by atoms with E-state index in [0.717, 1.165) is 57.5 Å². The molecule has 2 fully saturated rings. The zero-order valence-electron chi connectivity index (χ0n) is 20.4. The van der Waals surface area contributed by atoms with Crippen molar-refractivity contribution in [2.45, 2.75) is 38.6 Å². The highest BCUT2D eigenvalue weighted by Crippen LogP contribution is 2.32. The number of rotatable bonds is 6. The zero-order chi connectivity index (χ0) is 24.4. The number of carbonyl (C=O) groups excluding carboxylic acids is 1. The van der Waals surface area contributed by atoms with Gasteiger partial charge in [0.15, 0.2) is 0 Å². The van der Waals surface area contributed by atoms with Crippen LogP contribution in [0.15, 0.2) is 41.5 Å². The molecule has 1 N–H and O–H groups in total. The number of hydrogen-bond donors (Lipinski definition) is 1. The van der Waals surface area contributed by atoms with E-state index in [1.165, 1.54) is 11.9 Å². The van der Waals surface area contributed by atoms with E-state index in [1.807, 2.05) is 16.7 Å². The van der Waals surface area contributed by atoms with Gasteiger partial charge in [0.25, 0.3) is 0 Å². The Hall–Kier alpha value is -3.46. The van der Waals surface area contributed by atoms with Crippen molar-refractivity contribution < 1.29 is 9.53 Å². The van der Waals surface area contributed by atoms with Crippen LogP contribution in [0.1, 0.15) is 49.0 Å². The molecule has 5 rings (SSSR count). The number of pyridine rings is 1. The number of likely N-dealkylation sites (N-methyl/N-ethyl adjacent to an activating group) is 1. The first-order valence-electron chi connectivity index (χ1n) is 12.4. The standard InChI is InChI=1S/C26H32N6O3/c1-3-35-25(34)22-17-32(20-6-4-5-7-20)24-21(23(22)33)16-27-26(29-24)28-18-8-10-19(11-9-18)31-14-12-30(2)13-15-31/h8-11,16-17,20H,3-7,12-15H2,1-2H3,(H,27,28,29). The molecule has 0 spiro atoms. The summed E-state index contributed by atoms with van der Waals surface area (Å²) in [7, 11) is 2.15. The van der Waals surface area contributed by atoms with Gasteiger partial charge in [-0.1, -0.05) is 12.8 Å². The molecule has 1 aromatic carbocycles. The van der Waals surface area contributed by atoms with Crippen molar-refractivity contribution in [2.75, 3.05) is 50.1 Å². The number of nitrogens with zero attached hydrogens (tertiary/aromatic N) is 5. The first-order chi connectivity index (χ1) is 17.0. The van der Waals surface area contributed by atoms with Gasteiger partial charge in [-0.15, -0.1) is 0 Å². The van der Waals surface area contributed by atoms with E-state index in [1.54, 1.807) is 13.1 Å². The van der Waals surface area contributed by atoms with Crippen LogP contribution in [-0.2, 0) is 4.74 Å². The number of ether oxygens (including phenoxy) is 1. The SMILES string of the molecule is CCOC(=O)c1cn(C2CCCC2)c2nc(Nc3ccc(N4CCN(C)CC4)cc3)ncc2c1=O. The van der Waals surface area contributed by atoms with Crippen LogP contribution < -0.4 is 15.6 Å². The quantitative estimate of drug-likeness (QED) is 0.540. The molecule has 1 aliphatic carbocycles. The number of esters is 1. The third-order valence-electron chi connectivity index (χ3n) is 6.98. The molecule has 9 heteroatoms. The van der Waals surface area contributed by atoms with Gasteiger partial charge in [-0.05, 0) is 51.1 Å². The summed E-state index contributed by atoms with van der Waals surface area (Å²) in [5.41, 5.74) is 2.26. The molecule has 0 unspecified atom stereocenters. The van der Waals surface area contributed by atoms with Gasteiger partial charge in [0, 0.05) is 56.0 Å². The second-order valence-corrected chi connectivity index (χ2v) is 9.33. The molecule has 1 saturated heterocycles. The van der Waals surface area contributed by atoms with E-state index in [2.05, 4.69) is 39.3 Å².